The van der Waals surface area contributed by atoms with Crippen molar-refractivity contribution >= 4 is 0 Å². The van der Waals surface area contributed by atoms with Gasteiger partial charge in [0.05, 0.1) is 19.1 Å². The third-order valence-corrected chi connectivity index (χ3v) is 4.39. The van der Waals surface area contributed by atoms with Crippen LogP contribution in [0.3, 0.4) is 0 Å². The summed E-state index contributed by atoms with van der Waals surface area (Å²) in [6, 6.07) is 1.01. The van der Waals surface area contributed by atoms with Crippen LogP contribution in [0.4, 0.5) is 0 Å². The molecule has 2 heteroatoms. The second-order valence-electron chi connectivity index (χ2n) is 5.91. The van der Waals surface area contributed by atoms with E-state index in [2.05, 4.69) is 13.8 Å². The van der Waals surface area contributed by atoms with Gasteiger partial charge in [0.1, 0.15) is 0 Å². The first kappa shape index (κ1) is 18.4. The smallest absolute Gasteiger partial charge is 0.0874 e. The Morgan fingerprint density at radius 2 is 1.63 bits per heavy atom. The standard InChI is InChI=1S/C16H33N.CN/c1-3-5-7-8-10-14-17-15-11-9-13-16(17)12-6-4-2;1-2/h16H,3-15H2,1-2H3;/q;-1/p+1. The molecule has 2 atom stereocenters. The predicted octanol–water partition coefficient (Wildman–Crippen LogP) is 3.68. The summed E-state index contributed by atoms with van der Waals surface area (Å²) in [5.74, 6) is 0. The van der Waals surface area contributed by atoms with Crippen molar-refractivity contribution in [3.8, 4) is 0 Å². The van der Waals surface area contributed by atoms with Gasteiger partial charge in [0, 0.05) is 0 Å². The average molecular weight is 266 g/mol. The average Bonchev–Trinajstić information content (AvgIpc) is 2.48. The molecule has 0 saturated carbocycles. The zero-order valence-electron chi connectivity index (χ0n) is 13.2. The summed E-state index contributed by atoms with van der Waals surface area (Å²) in [7, 11) is 0. The first-order chi connectivity index (χ1) is 9.38. The third kappa shape index (κ3) is 9.05. The van der Waals surface area contributed by atoms with Crippen LogP contribution in [0.5, 0.6) is 0 Å². The van der Waals surface area contributed by atoms with E-state index in [1.54, 1.807) is 0 Å². The van der Waals surface area contributed by atoms with Gasteiger partial charge in [0.2, 0.25) is 0 Å². The van der Waals surface area contributed by atoms with Gasteiger partial charge < -0.3 is 16.7 Å². The molecule has 2 unspecified atom stereocenters. The van der Waals surface area contributed by atoms with Gasteiger partial charge in [0.25, 0.3) is 0 Å². The topological polar surface area (TPSA) is 28.2 Å². The highest BCUT2D eigenvalue weighted by Gasteiger charge is 2.24. The highest BCUT2D eigenvalue weighted by molar-refractivity contribution is 4.61. The van der Waals surface area contributed by atoms with E-state index >= 15 is 0 Å². The zero-order chi connectivity index (χ0) is 14.3. The van der Waals surface area contributed by atoms with E-state index in [1.807, 2.05) is 4.90 Å². The molecule has 1 fully saturated rings. The number of nitrogens with one attached hydrogen (secondary N) is 1. The van der Waals surface area contributed by atoms with Crippen molar-refractivity contribution < 1.29 is 4.90 Å². The maximum atomic E-state index is 6.25. The van der Waals surface area contributed by atoms with Crippen LogP contribution in [0.2, 0.25) is 0 Å². The Balaban J connectivity index is 0.00000154. The van der Waals surface area contributed by atoms with Gasteiger partial charge in [0.15, 0.2) is 0 Å². The molecule has 1 N–H and O–H groups in total. The molecule has 0 radical (unpaired) electrons. The molecule has 0 amide bonds. The normalized spacial score (nSPS) is 22.5. The molecular weight excluding hydrogens is 232 g/mol. The van der Waals surface area contributed by atoms with Crippen molar-refractivity contribution in [3.63, 3.8) is 0 Å². The second-order valence-corrected chi connectivity index (χ2v) is 5.91. The Hall–Kier alpha value is -0.550. The predicted molar refractivity (Wildman–Crippen MR) is 81.6 cm³/mol. The molecule has 0 spiro atoms. The van der Waals surface area contributed by atoms with Gasteiger partial charge in [-0.2, -0.15) is 0 Å². The monoisotopic (exact) mass is 266 g/mol. The number of quaternary nitrogens is 1. The SMILES string of the molecule is CCCCCCC[NH+]1CCCCC1CCCC.[C-]#N. The van der Waals surface area contributed by atoms with E-state index in [1.165, 1.54) is 83.7 Å². The Bertz CT molecular complexity index is 201. The molecule has 112 valence electrons. The molecule has 0 aliphatic carbocycles. The minimum Gasteiger partial charge on any atom is -0.512 e. The van der Waals surface area contributed by atoms with E-state index in [4.69, 9.17) is 11.8 Å². The number of hydrogen-bond donors (Lipinski definition) is 1. The van der Waals surface area contributed by atoms with Crippen LogP contribution in [-0.4, -0.2) is 19.1 Å². The van der Waals surface area contributed by atoms with Crippen LogP contribution >= 0.6 is 0 Å². The summed E-state index contributed by atoms with van der Waals surface area (Å²) in [4.78, 5) is 1.95. The number of likely N-dealkylation sites (tertiary alicyclic amines) is 1. The molecule has 2 nitrogen and oxygen atoms in total. The highest BCUT2D eigenvalue weighted by atomic mass is 15.2. The molecule has 1 heterocycles. The summed E-state index contributed by atoms with van der Waals surface area (Å²) < 4.78 is 0. The third-order valence-electron chi connectivity index (χ3n) is 4.39. The van der Waals surface area contributed by atoms with Gasteiger partial charge >= 0.3 is 0 Å². The Morgan fingerprint density at radius 1 is 0.947 bits per heavy atom. The fraction of sp³-hybridized carbons (Fsp3) is 0.941. The van der Waals surface area contributed by atoms with Crippen LogP contribution in [0, 0.1) is 11.8 Å². The summed E-state index contributed by atoms with van der Waals surface area (Å²) in [5, 5.41) is 6.25. The molecular formula is C17H34N2. The minimum atomic E-state index is 1.01. The lowest BCUT2D eigenvalue weighted by molar-refractivity contribution is -0.931. The first-order valence-corrected chi connectivity index (χ1v) is 8.45. The van der Waals surface area contributed by atoms with E-state index in [-0.39, 0.29) is 0 Å². The van der Waals surface area contributed by atoms with Gasteiger partial charge in [-0.1, -0.05) is 39.5 Å². The van der Waals surface area contributed by atoms with Crippen LogP contribution in [0.15, 0.2) is 0 Å². The van der Waals surface area contributed by atoms with Gasteiger partial charge in [-0.3, -0.25) is 0 Å². The number of rotatable bonds is 9. The van der Waals surface area contributed by atoms with E-state index in [9.17, 15) is 0 Å². The lowest BCUT2D eigenvalue weighted by Crippen LogP contribution is -3.16. The molecule has 0 aromatic carbocycles. The van der Waals surface area contributed by atoms with E-state index in [0.29, 0.717) is 0 Å². The zero-order valence-corrected chi connectivity index (χ0v) is 13.2. The maximum absolute atomic E-state index is 6.25. The summed E-state index contributed by atoms with van der Waals surface area (Å²) in [5.41, 5.74) is 0. The van der Waals surface area contributed by atoms with Crippen LogP contribution < -0.4 is 4.90 Å². The van der Waals surface area contributed by atoms with Crippen molar-refractivity contribution in [2.24, 2.45) is 0 Å². The molecule has 1 aliphatic heterocycles. The molecule has 0 aromatic rings. The largest absolute Gasteiger partial charge is 0.512 e. The van der Waals surface area contributed by atoms with Crippen LogP contribution in [0.1, 0.15) is 84.5 Å². The summed E-state index contributed by atoms with van der Waals surface area (Å²) in [6.45, 7) is 12.3. The number of hydrogen-bond acceptors (Lipinski definition) is 1. The van der Waals surface area contributed by atoms with Crippen molar-refractivity contribution in [1.29, 1.82) is 5.26 Å². The maximum Gasteiger partial charge on any atom is 0.0874 e. The number of nitrogens with zero attached hydrogens (tertiary/aromatic N) is 1. The van der Waals surface area contributed by atoms with Crippen molar-refractivity contribution in [2.45, 2.75) is 90.5 Å². The fourth-order valence-electron chi connectivity index (χ4n) is 3.23. The highest BCUT2D eigenvalue weighted by Crippen LogP contribution is 2.10. The van der Waals surface area contributed by atoms with Gasteiger partial charge in [-0.25, -0.2) is 0 Å². The quantitative estimate of drug-likeness (QED) is 0.500. The molecule has 1 aliphatic rings. The molecule has 0 aromatic heterocycles. The van der Waals surface area contributed by atoms with Crippen LogP contribution in [-0.2, 0) is 0 Å². The van der Waals surface area contributed by atoms with Crippen molar-refractivity contribution in [2.75, 3.05) is 13.1 Å². The molecule has 1 saturated heterocycles. The van der Waals surface area contributed by atoms with Crippen LogP contribution in [0.25, 0.3) is 0 Å². The fourth-order valence-corrected chi connectivity index (χ4v) is 3.23. The van der Waals surface area contributed by atoms with Crippen molar-refractivity contribution in [1.82, 2.24) is 0 Å². The van der Waals surface area contributed by atoms with E-state index in [0.717, 1.165) is 6.04 Å². The van der Waals surface area contributed by atoms with Crippen molar-refractivity contribution in [3.05, 3.63) is 6.57 Å². The summed E-state index contributed by atoms with van der Waals surface area (Å²) >= 11 is 0. The summed E-state index contributed by atoms with van der Waals surface area (Å²) in [6.07, 6.45) is 16.0. The Labute approximate surface area is 121 Å². The Kier molecular flexibility index (Phi) is 13.5. The van der Waals surface area contributed by atoms with Gasteiger partial charge in [-0.05, 0) is 44.9 Å². The van der Waals surface area contributed by atoms with Gasteiger partial charge in [-0.15, -0.1) is 0 Å². The number of piperidine rings is 1. The molecule has 1 rings (SSSR count). The minimum absolute atomic E-state index is 1.01. The van der Waals surface area contributed by atoms with E-state index < -0.39 is 0 Å². The number of unbranched alkanes of at least 4 members (excludes halogenated alkanes) is 5. The molecule has 0 bridgehead atoms. The lowest BCUT2D eigenvalue weighted by atomic mass is 9.97. The Morgan fingerprint density at radius 3 is 2.32 bits per heavy atom. The second kappa shape index (κ2) is 13.9. The lowest BCUT2D eigenvalue weighted by Gasteiger charge is -2.32. The first-order valence-electron chi connectivity index (χ1n) is 8.45. The molecule has 19 heavy (non-hydrogen) atoms.